The van der Waals surface area contributed by atoms with Gasteiger partial charge in [0.1, 0.15) is 0 Å². The van der Waals surface area contributed by atoms with E-state index in [-0.39, 0.29) is 25.0 Å². The molecule has 1 aromatic heterocycles. The molecule has 4 rings (SSSR count). The van der Waals surface area contributed by atoms with Gasteiger partial charge in [-0.15, -0.1) is 0 Å². The lowest BCUT2D eigenvalue weighted by Crippen LogP contribution is -2.21. The number of benzene rings is 2. The van der Waals surface area contributed by atoms with Crippen LogP contribution in [0.1, 0.15) is 39.9 Å². The van der Waals surface area contributed by atoms with Gasteiger partial charge in [0, 0.05) is 53.7 Å². The molecular formula is C23H20N4O6. The molecule has 2 N–H and O–H groups in total. The number of ether oxygens (including phenoxy) is 2. The van der Waals surface area contributed by atoms with Crippen molar-refractivity contribution in [3.05, 3.63) is 93.3 Å². The normalized spacial score (nSPS) is 13.5. The van der Waals surface area contributed by atoms with Crippen LogP contribution in [0.25, 0.3) is 0 Å². The van der Waals surface area contributed by atoms with Gasteiger partial charge in [0.2, 0.25) is 6.79 Å². The Bertz CT molecular complexity index is 1210. The molecule has 10 heteroatoms. The fourth-order valence-corrected chi connectivity index (χ4v) is 3.36. The minimum Gasteiger partial charge on any atom is -0.454 e. The molecule has 1 amide bonds. The van der Waals surface area contributed by atoms with Gasteiger partial charge in [0.15, 0.2) is 11.5 Å². The van der Waals surface area contributed by atoms with Gasteiger partial charge in [-0.25, -0.2) is 5.43 Å². The largest absolute Gasteiger partial charge is 0.454 e. The molecule has 2 heterocycles. The number of carbonyl (C=O) groups is 1. The summed E-state index contributed by atoms with van der Waals surface area (Å²) >= 11 is 0. The predicted octanol–water partition coefficient (Wildman–Crippen LogP) is 3.00. The molecule has 0 saturated heterocycles. The van der Waals surface area contributed by atoms with Crippen molar-refractivity contribution >= 4 is 17.3 Å². The Morgan fingerprint density at radius 2 is 1.82 bits per heavy atom. The number of carbonyl (C=O) groups excluding carboxylic acids is 1. The number of pyridine rings is 1. The standard InChI is InChI=1S/C23H20N4O6/c1-14(12-28)18-10-20-21(33-13-32-20)11-19(18)22(15-2-4-17(5-3-15)27(30)31)25-26-23(29)16-6-8-24-9-7-16/h2-11,14,28H,12-13H2,1H3,(H,26,29)/b25-22+. The summed E-state index contributed by atoms with van der Waals surface area (Å²) < 4.78 is 11.0. The van der Waals surface area contributed by atoms with Crippen molar-refractivity contribution in [2.75, 3.05) is 13.4 Å². The highest BCUT2D eigenvalue weighted by Gasteiger charge is 2.24. The number of non-ortho nitro benzene ring substituents is 1. The molecule has 10 nitrogen and oxygen atoms in total. The topological polar surface area (TPSA) is 136 Å². The van der Waals surface area contributed by atoms with Crippen LogP contribution in [-0.4, -0.2) is 40.0 Å². The number of nitrogens with zero attached hydrogens (tertiary/aromatic N) is 3. The molecule has 168 valence electrons. The summed E-state index contributed by atoms with van der Waals surface area (Å²) in [7, 11) is 0. The average molecular weight is 448 g/mol. The summed E-state index contributed by atoms with van der Waals surface area (Å²) in [4.78, 5) is 27.1. The van der Waals surface area contributed by atoms with Crippen molar-refractivity contribution in [2.45, 2.75) is 12.8 Å². The molecule has 0 fully saturated rings. The van der Waals surface area contributed by atoms with Crippen molar-refractivity contribution in [1.29, 1.82) is 0 Å². The summed E-state index contributed by atoms with van der Waals surface area (Å²) in [6, 6.07) is 12.4. The van der Waals surface area contributed by atoms with E-state index in [4.69, 9.17) is 9.47 Å². The highest BCUT2D eigenvalue weighted by Crippen LogP contribution is 2.38. The molecule has 0 spiro atoms. The molecule has 0 bridgehead atoms. The van der Waals surface area contributed by atoms with Gasteiger partial charge >= 0.3 is 0 Å². The second-order valence-electron chi connectivity index (χ2n) is 7.32. The maximum atomic E-state index is 12.6. The quantitative estimate of drug-likeness (QED) is 0.322. The van der Waals surface area contributed by atoms with E-state index in [1.54, 1.807) is 36.4 Å². The van der Waals surface area contributed by atoms with E-state index < -0.39 is 10.8 Å². The van der Waals surface area contributed by atoms with Crippen LogP contribution in [0.5, 0.6) is 11.5 Å². The van der Waals surface area contributed by atoms with Crippen LogP contribution >= 0.6 is 0 Å². The summed E-state index contributed by atoms with van der Waals surface area (Å²) in [5.74, 6) is 0.301. The fraction of sp³-hybridized carbons (Fsp3) is 0.174. The van der Waals surface area contributed by atoms with Crippen molar-refractivity contribution in [3.8, 4) is 11.5 Å². The predicted molar refractivity (Wildman–Crippen MR) is 119 cm³/mol. The number of hydrazone groups is 1. The third kappa shape index (κ3) is 4.65. The van der Waals surface area contributed by atoms with Crippen molar-refractivity contribution in [3.63, 3.8) is 0 Å². The highest BCUT2D eigenvalue weighted by molar-refractivity contribution is 6.14. The lowest BCUT2D eigenvalue weighted by atomic mass is 9.90. The van der Waals surface area contributed by atoms with Gasteiger partial charge in [-0.2, -0.15) is 5.10 Å². The van der Waals surface area contributed by atoms with E-state index in [0.29, 0.717) is 33.9 Å². The number of amides is 1. The highest BCUT2D eigenvalue weighted by atomic mass is 16.7. The number of nitro benzene ring substituents is 1. The average Bonchev–Trinajstić information content (AvgIpc) is 3.31. The summed E-state index contributed by atoms with van der Waals surface area (Å²) in [6.45, 7) is 1.77. The Labute approximate surface area is 188 Å². The summed E-state index contributed by atoms with van der Waals surface area (Å²) in [5, 5.41) is 25.3. The van der Waals surface area contributed by atoms with Crippen molar-refractivity contribution < 1.29 is 24.3 Å². The fourth-order valence-electron chi connectivity index (χ4n) is 3.36. The van der Waals surface area contributed by atoms with Crippen LogP contribution in [0.2, 0.25) is 0 Å². The monoisotopic (exact) mass is 448 g/mol. The number of hydrogen-bond donors (Lipinski definition) is 2. The number of aromatic nitrogens is 1. The second-order valence-corrected chi connectivity index (χ2v) is 7.32. The van der Waals surface area contributed by atoms with Crippen LogP contribution in [-0.2, 0) is 0 Å². The molecule has 1 aliphatic rings. The lowest BCUT2D eigenvalue weighted by Gasteiger charge is -2.17. The third-order valence-electron chi connectivity index (χ3n) is 5.17. The molecule has 1 unspecified atom stereocenters. The first-order valence-corrected chi connectivity index (χ1v) is 10.1. The molecular weight excluding hydrogens is 428 g/mol. The van der Waals surface area contributed by atoms with E-state index in [2.05, 4.69) is 15.5 Å². The van der Waals surface area contributed by atoms with Gasteiger partial charge in [0.25, 0.3) is 11.6 Å². The van der Waals surface area contributed by atoms with Crippen LogP contribution in [0.3, 0.4) is 0 Å². The number of rotatable bonds is 7. The first-order chi connectivity index (χ1) is 16.0. The first kappa shape index (κ1) is 21.9. The second kappa shape index (κ2) is 9.45. The van der Waals surface area contributed by atoms with Crippen molar-refractivity contribution in [1.82, 2.24) is 10.4 Å². The molecule has 1 aliphatic heterocycles. The van der Waals surface area contributed by atoms with Gasteiger partial charge in [-0.3, -0.25) is 19.9 Å². The van der Waals surface area contributed by atoms with Gasteiger partial charge in [-0.1, -0.05) is 6.92 Å². The third-order valence-corrected chi connectivity index (χ3v) is 5.17. The summed E-state index contributed by atoms with van der Waals surface area (Å²) in [5.41, 5.74) is 5.01. The van der Waals surface area contributed by atoms with Crippen molar-refractivity contribution in [2.24, 2.45) is 5.10 Å². The zero-order valence-electron chi connectivity index (χ0n) is 17.6. The molecule has 0 saturated carbocycles. The number of nitrogens with one attached hydrogen (secondary N) is 1. The molecule has 33 heavy (non-hydrogen) atoms. The van der Waals surface area contributed by atoms with Crippen LogP contribution < -0.4 is 14.9 Å². The van der Waals surface area contributed by atoms with E-state index in [1.807, 2.05) is 6.92 Å². The molecule has 3 aromatic rings. The van der Waals surface area contributed by atoms with Gasteiger partial charge < -0.3 is 14.6 Å². The smallest absolute Gasteiger partial charge is 0.271 e. The lowest BCUT2D eigenvalue weighted by molar-refractivity contribution is -0.384. The SMILES string of the molecule is CC(CO)c1cc2c(cc1/C(=N/NC(=O)c1ccncc1)c1ccc([N+](=O)[O-])cc1)OCO2. The maximum absolute atomic E-state index is 12.6. The Balaban J connectivity index is 1.82. The molecule has 2 aromatic carbocycles. The maximum Gasteiger partial charge on any atom is 0.271 e. The van der Waals surface area contributed by atoms with Gasteiger partial charge in [0.05, 0.1) is 10.6 Å². The van der Waals surface area contributed by atoms with Crippen LogP contribution in [0.15, 0.2) is 66.0 Å². The Morgan fingerprint density at radius 1 is 1.15 bits per heavy atom. The first-order valence-electron chi connectivity index (χ1n) is 10.1. The van der Waals surface area contributed by atoms with Crippen LogP contribution in [0, 0.1) is 10.1 Å². The number of nitro groups is 1. The zero-order valence-corrected chi connectivity index (χ0v) is 17.6. The van der Waals surface area contributed by atoms with E-state index in [0.717, 1.165) is 5.56 Å². The number of fused-ring (bicyclic) bond motifs is 1. The van der Waals surface area contributed by atoms with Crippen LogP contribution in [0.4, 0.5) is 5.69 Å². The van der Waals surface area contributed by atoms with Gasteiger partial charge in [-0.05, 0) is 42.0 Å². The summed E-state index contributed by atoms with van der Waals surface area (Å²) in [6.07, 6.45) is 2.99. The minimum atomic E-state index is -0.494. The Hall–Kier alpha value is -4.31. The number of hydrogen-bond acceptors (Lipinski definition) is 8. The number of aliphatic hydroxyl groups is 1. The molecule has 0 aliphatic carbocycles. The zero-order chi connectivity index (χ0) is 23.4. The van der Waals surface area contributed by atoms with E-state index >= 15 is 0 Å². The molecule has 1 atom stereocenters. The minimum absolute atomic E-state index is 0.0640. The Morgan fingerprint density at radius 3 is 2.45 bits per heavy atom. The number of aliphatic hydroxyl groups excluding tert-OH is 1. The van der Waals surface area contributed by atoms with E-state index in [9.17, 15) is 20.0 Å². The Kier molecular flexibility index (Phi) is 6.27. The molecule has 0 radical (unpaired) electrons. The van der Waals surface area contributed by atoms with E-state index in [1.165, 1.54) is 24.5 Å².